The Bertz CT molecular complexity index is 373. The SMILES string of the molecule is CNCc1cccnc1CN1C[C@@H](C)O[C@@H](C)C1. The van der Waals surface area contributed by atoms with Crippen LogP contribution in [0.3, 0.4) is 0 Å². The molecule has 18 heavy (non-hydrogen) atoms. The molecule has 1 N–H and O–H groups in total. The van der Waals surface area contributed by atoms with E-state index in [0.717, 1.165) is 26.2 Å². The maximum absolute atomic E-state index is 5.76. The Morgan fingerprint density at radius 3 is 2.78 bits per heavy atom. The van der Waals surface area contributed by atoms with Crippen molar-refractivity contribution in [2.45, 2.75) is 39.1 Å². The summed E-state index contributed by atoms with van der Waals surface area (Å²) in [5, 5.41) is 3.20. The molecule has 1 aliphatic rings. The first-order chi connectivity index (χ1) is 8.69. The number of nitrogens with one attached hydrogen (secondary N) is 1. The van der Waals surface area contributed by atoms with Gasteiger partial charge in [0.2, 0.25) is 0 Å². The number of morpholine rings is 1. The largest absolute Gasteiger partial charge is 0.373 e. The summed E-state index contributed by atoms with van der Waals surface area (Å²) in [6, 6.07) is 4.15. The first kappa shape index (κ1) is 13.5. The lowest BCUT2D eigenvalue weighted by Gasteiger charge is -2.35. The number of nitrogens with zero attached hydrogens (tertiary/aromatic N) is 2. The molecule has 1 aliphatic heterocycles. The Labute approximate surface area is 109 Å². The lowest BCUT2D eigenvalue weighted by Crippen LogP contribution is -2.45. The molecule has 0 bridgehead atoms. The van der Waals surface area contributed by atoms with Gasteiger partial charge in [-0.15, -0.1) is 0 Å². The van der Waals surface area contributed by atoms with E-state index in [1.54, 1.807) is 0 Å². The zero-order chi connectivity index (χ0) is 13.0. The van der Waals surface area contributed by atoms with Gasteiger partial charge >= 0.3 is 0 Å². The molecule has 0 saturated carbocycles. The summed E-state index contributed by atoms with van der Waals surface area (Å²) in [5.41, 5.74) is 2.46. The van der Waals surface area contributed by atoms with Gasteiger partial charge in [0.25, 0.3) is 0 Å². The highest BCUT2D eigenvalue weighted by Gasteiger charge is 2.22. The first-order valence-corrected chi connectivity index (χ1v) is 6.64. The molecule has 1 fully saturated rings. The lowest BCUT2D eigenvalue weighted by molar-refractivity contribution is -0.0708. The van der Waals surface area contributed by atoms with Gasteiger partial charge in [0.05, 0.1) is 17.9 Å². The van der Waals surface area contributed by atoms with E-state index < -0.39 is 0 Å². The van der Waals surface area contributed by atoms with E-state index in [1.165, 1.54) is 11.3 Å². The predicted molar refractivity (Wildman–Crippen MR) is 72.3 cm³/mol. The minimum Gasteiger partial charge on any atom is -0.373 e. The fourth-order valence-corrected chi connectivity index (χ4v) is 2.59. The van der Waals surface area contributed by atoms with Crippen LogP contribution in [0.15, 0.2) is 18.3 Å². The number of rotatable bonds is 4. The molecule has 1 saturated heterocycles. The Balaban J connectivity index is 2.04. The van der Waals surface area contributed by atoms with Crippen molar-refractivity contribution in [3.8, 4) is 0 Å². The quantitative estimate of drug-likeness (QED) is 0.875. The van der Waals surface area contributed by atoms with Crippen molar-refractivity contribution in [1.82, 2.24) is 15.2 Å². The van der Waals surface area contributed by atoms with E-state index in [1.807, 2.05) is 19.3 Å². The Morgan fingerprint density at radius 2 is 2.11 bits per heavy atom. The Hall–Kier alpha value is -0.970. The molecule has 0 spiro atoms. The minimum absolute atomic E-state index is 0.310. The summed E-state index contributed by atoms with van der Waals surface area (Å²) < 4.78 is 5.76. The molecule has 0 radical (unpaired) electrons. The van der Waals surface area contributed by atoms with Gasteiger partial charge in [-0.2, -0.15) is 0 Å². The van der Waals surface area contributed by atoms with Crippen LogP contribution in [0.4, 0.5) is 0 Å². The molecular weight excluding hydrogens is 226 g/mol. The van der Waals surface area contributed by atoms with Crippen molar-refractivity contribution < 1.29 is 4.74 Å². The molecule has 4 heteroatoms. The van der Waals surface area contributed by atoms with Gasteiger partial charge in [0.15, 0.2) is 0 Å². The second-order valence-electron chi connectivity index (χ2n) is 5.09. The number of ether oxygens (including phenoxy) is 1. The maximum atomic E-state index is 5.76. The van der Waals surface area contributed by atoms with Crippen LogP contribution < -0.4 is 5.32 Å². The molecule has 0 amide bonds. The summed E-state index contributed by atoms with van der Waals surface area (Å²) in [6.45, 7) is 8.03. The van der Waals surface area contributed by atoms with E-state index in [-0.39, 0.29) is 0 Å². The highest BCUT2D eigenvalue weighted by atomic mass is 16.5. The van der Waals surface area contributed by atoms with Gasteiger partial charge in [-0.3, -0.25) is 9.88 Å². The summed E-state index contributed by atoms with van der Waals surface area (Å²) in [5.74, 6) is 0. The van der Waals surface area contributed by atoms with E-state index in [4.69, 9.17) is 4.74 Å². The normalized spacial score (nSPS) is 25.3. The Morgan fingerprint density at radius 1 is 1.39 bits per heavy atom. The fraction of sp³-hybridized carbons (Fsp3) is 0.643. The number of pyridine rings is 1. The van der Waals surface area contributed by atoms with Gasteiger partial charge < -0.3 is 10.1 Å². The second kappa shape index (κ2) is 6.27. The molecule has 1 aromatic rings. The first-order valence-electron chi connectivity index (χ1n) is 6.64. The van der Waals surface area contributed by atoms with Gasteiger partial charge in [0.1, 0.15) is 0 Å². The van der Waals surface area contributed by atoms with Crippen LogP contribution in [-0.4, -0.2) is 42.2 Å². The van der Waals surface area contributed by atoms with Gasteiger partial charge in [-0.1, -0.05) is 6.07 Å². The third-order valence-electron chi connectivity index (χ3n) is 3.22. The van der Waals surface area contributed by atoms with Gasteiger partial charge in [0, 0.05) is 32.4 Å². The average Bonchev–Trinajstić information content (AvgIpc) is 2.30. The standard InChI is InChI=1S/C14H23N3O/c1-11-8-17(9-12(2)18-11)10-14-13(7-15-3)5-4-6-16-14/h4-6,11-12,15H,7-10H2,1-3H3/t11-,12+. The zero-order valence-corrected chi connectivity index (χ0v) is 11.5. The van der Waals surface area contributed by atoms with Crippen LogP contribution in [0.25, 0.3) is 0 Å². The molecule has 0 aromatic carbocycles. The van der Waals surface area contributed by atoms with Crippen molar-refractivity contribution in [3.63, 3.8) is 0 Å². The highest BCUT2D eigenvalue weighted by molar-refractivity contribution is 5.19. The van der Waals surface area contributed by atoms with Crippen molar-refractivity contribution in [2.75, 3.05) is 20.1 Å². The van der Waals surface area contributed by atoms with E-state index in [9.17, 15) is 0 Å². The summed E-state index contributed by atoms with van der Waals surface area (Å²) in [6.07, 6.45) is 2.50. The monoisotopic (exact) mass is 249 g/mol. The Kier molecular flexibility index (Phi) is 4.69. The predicted octanol–water partition coefficient (Wildman–Crippen LogP) is 1.41. The maximum Gasteiger partial charge on any atom is 0.0678 e. The van der Waals surface area contributed by atoms with Gasteiger partial charge in [-0.05, 0) is 32.5 Å². The molecule has 1 aromatic heterocycles. The molecule has 100 valence electrons. The van der Waals surface area contributed by atoms with E-state index in [2.05, 4.69) is 35.1 Å². The van der Waals surface area contributed by atoms with Crippen LogP contribution in [0, 0.1) is 0 Å². The van der Waals surface area contributed by atoms with Crippen LogP contribution in [0.5, 0.6) is 0 Å². The zero-order valence-electron chi connectivity index (χ0n) is 11.5. The van der Waals surface area contributed by atoms with Crippen LogP contribution in [-0.2, 0) is 17.8 Å². The minimum atomic E-state index is 0.310. The number of aromatic nitrogens is 1. The lowest BCUT2D eigenvalue weighted by atomic mass is 10.1. The third-order valence-corrected chi connectivity index (χ3v) is 3.22. The highest BCUT2D eigenvalue weighted by Crippen LogP contribution is 2.15. The van der Waals surface area contributed by atoms with Gasteiger partial charge in [-0.25, -0.2) is 0 Å². The molecule has 4 nitrogen and oxygen atoms in total. The molecule has 0 aliphatic carbocycles. The number of hydrogen-bond acceptors (Lipinski definition) is 4. The van der Waals surface area contributed by atoms with Crippen molar-refractivity contribution >= 4 is 0 Å². The summed E-state index contributed by atoms with van der Waals surface area (Å²) in [7, 11) is 1.97. The average molecular weight is 249 g/mol. The summed E-state index contributed by atoms with van der Waals surface area (Å²) >= 11 is 0. The van der Waals surface area contributed by atoms with E-state index >= 15 is 0 Å². The van der Waals surface area contributed by atoms with Crippen LogP contribution in [0.1, 0.15) is 25.1 Å². The smallest absolute Gasteiger partial charge is 0.0678 e. The molecule has 0 unspecified atom stereocenters. The van der Waals surface area contributed by atoms with Crippen molar-refractivity contribution in [1.29, 1.82) is 0 Å². The van der Waals surface area contributed by atoms with Crippen molar-refractivity contribution in [2.24, 2.45) is 0 Å². The van der Waals surface area contributed by atoms with E-state index in [0.29, 0.717) is 12.2 Å². The molecule has 2 atom stereocenters. The van der Waals surface area contributed by atoms with Crippen LogP contribution in [0.2, 0.25) is 0 Å². The van der Waals surface area contributed by atoms with Crippen molar-refractivity contribution in [3.05, 3.63) is 29.6 Å². The number of hydrogen-bond donors (Lipinski definition) is 1. The topological polar surface area (TPSA) is 37.4 Å². The summed E-state index contributed by atoms with van der Waals surface area (Å²) in [4.78, 5) is 6.95. The second-order valence-corrected chi connectivity index (χ2v) is 5.09. The molecular formula is C14H23N3O. The third kappa shape index (κ3) is 3.51. The molecule has 2 rings (SSSR count). The van der Waals surface area contributed by atoms with Crippen LogP contribution >= 0.6 is 0 Å². The fourth-order valence-electron chi connectivity index (χ4n) is 2.59. The molecule has 2 heterocycles.